The molecule has 1 heterocycles. The first-order valence-electron chi connectivity index (χ1n) is 4.68. The number of carboxylic acid groups (broad SMARTS) is 1. The summed E-state index contributed by atoms with van der Waals surface area (Å²) < 4.78 is 5.18. The van der Waals surface area contributed by atoms with E-state index in [1.165, 1.54) is 0 Å². The molecule has 0 bridgehead atoms. The van der Waals surface area contributed by atoms with Crippen molar-refractivity contribution in [1.82, 2.24) is 0 Å². The predicted molar refractivity (Wildman–Crippen MR) is 49.4 cm³/mol. The minimum atomic E-state index is -0.979. The average Bonchev–Trinajstić information content (AvgIpc) is 2.71. The molecule has 76 valence electrons. The summed E-state index contributed by atoms with van der Waals surface area (Å²) in [5.74, 6) is -0.913. The zero-order chi connectivity index (χ0) is 10.3. The van der Waals surface area contributed by atoms with E-state index < -0.39 is 24.5 Å². The van der Waals surface area contributed by atoms with Crippen LogP contribution in [0.1, 0.15) is 25.7 Å². The van der Waals surface area contributed by atoms with Gasteiger partial charge in [0.2, 0.25) is 0 Å². The highest BCUT2D eigenvalue weighted by Gasteiger charge is 2.61. The predicted octanol–water partition coefficient (Wildman–Crippen LogP) is 0.284. The number of carbonyl (C=O) groups is 1. The van der Waals surface area contributed by atoms with E-state index in [1.807, 2.05) is 0 Å². The third kappa shape index (κ3) is 1.44. The van der Waals surface area contributed by atoms with Crippen molar-refractivity contribution < 1.29 is 19.6 Å². The van der Waals surface area contributed by atoms with Crippen molar-refractivity contribution in [1.29, 1.82) is 5.41 Å². The Kier molecular flexibility index (Phi) is 2.12. The molecular formula is C8H12BNO4. The maximum atomic E-state index is 10.4. The van der Waals surface area contributed by atoms with Crippen LogP contribution in [0.2, 0.25) is 5.31 Å². The van der Waals surface area contributed by atoms with Crippen molar-refractivity contribution in [3.05, 3.63) is 0 Å². The fourth-order valence-electron chi connectivity index (χ4n) is 2.01. The normalized spacial score (nSPS) is 36.2. The second-order valence-corrected chi connectivity index (χ2v) is 4.06. The molecule has 3 N–H and O–H groups in total. The zero-order valence-corrected chi connectivity index (χ0v) is 7.69. The second kappa shape index (κ2) is 3.07. The Bertz CT molecular complexity index is 295. The number of nitrogens with one attached hydrogen (secondary N) is 1. The molecule has 2 unspecified atom stereocenters. The van der Waals surface area contributed by atoms with Gasteiger partial charge in [0, 0.05) is 11.0 Å². The number of rotatable bonds is 2. The van der Waals surface area contributed by atoms with Crippen LogP contribution < -0.4 is 0 Å². The van der Waals surface area contributed by atoms with Gasteiger partial charge in [0.05, 0.1) is 12.5 Å². The Hall–Kier alpha value is -0.875. The van der Waals surface area contributed by atoms with Gasteiger partial charge in [0.15, 0.2) is 0 Å². The first-order valence-corrected chi connectivity index (χ1v) is 4.68. The van der Waals surface area contributed by atoms with E-state index in [-0.39, 0.29) is 6.42 Å². The smallest absolute Gasteiger partial charge is 0.467 e. The zero-order valence-electron chi connectivity index (χ0n) is 7.69. The third-order valence-corrected chi connectivity index (χ3v) is 3.08. The summed E-state index contributed by atoms with van der Waals surface area (Å²) in [7, 11) is -0.979. The lowest BCUT2D eigenvalue weighted by Gasteiger charge is -2.29. The molecule has 2 fully saturated rings. The van der Waals surface area contributed by atoms with Crippen LogP contribution in [-0.4, -0.2) is 35.0 Å². The molecule has 1 aliphatic carbocycles. The van der Waals surface area contributed by atoms with E-state index in [0.29, 0.717) is 25.0 Å². The molecule has 0 amide bonds. The van der Waals surface area contributed by atoms with E-state index in [1.54, 1.807) is 0 Å². The summed E-state index contributed by atoms with van der Waals surface area (Å²) in [5, 5.41) is 25.1. The molecule has 6 heteroatoms. The monoisotopic (exact) mass is 197 g/mol. The summed E-state index contributed by atoms with van der Waals surface area (Å²) in [6, 6.07) is 0. The summed E-state index contributed by atoms with van der Waals surface area (Å²) in [4.78, 5) is 10.4. The van der Waals surface area contributed by atoms with Crippen molar-refractivity contribution in [3.63, 3.8) is 0 Å². The molecule has 1 aliphatic heterocycles. The lowest BCUT2D eigenvalue weighted by atomic mass is 9.63. The van der Waals surface area contributed by atoms with Gasteiger partial charge in [-0.25, -0.2) is 0 Å². The topological polar surface area (TPSA) is 90.6 Å². The summed E-state index contributed by atoms with van der Waals surface area (Å²) in [5.41, 5.74) is 0.527. The van der Waals surface area contributed by atoms with E-state index >= 15 is 0 Å². The van der Waals surface area contributed by atoms with Crippen molar-refractivity contribution in [3.8, 4) is 0 Å². The molecule has 1 saturated heterocycles. The van der Waals surface area contributed by atoms with Crippen LogP contribution in [0.3, 0.4) is 0 Å². The highest BCUT2D eigenvalue weighted by Crippen LogP contribution is 2.58. The van der Waals surface area contributed by atoms with Crippen molar-refractivity contribution in [2.75, 3.05) is 0 Å². The first kappa shape index (κ1) is 9.67. The van der Waals surface area contributed by atoms with Gasteiger partial charge in [-0.2, -0.15) is 0 Å². The maximum Gasteiger partial charge on any atom is 0.467 e. The lowest BCUT2D eigenvalue weighted by molar-refractivity contribution is -0.139. The molecular weight excluding hydrogens is 185 g/mol. The van der Waals surface area contributed by atoms with Gasteiger partial charge in [-0.1, -0.05) is 0 Å². The second-order valence-electron chi connectivity index (χ2n) is 4.06. The summed E-state index contributed by atoms with van der Waals surface area (Å²) in [6.45, 7) is 0. The van der Waals surface area contributed by atoms with Gasteiger partial charge in [0.25, 0.3) is 0 Å². The maximum absolute atomic E-state index is 10.4. The van der Waals surface area contributed by atoms with Gasteiger partial charge in [-0.3, -0.25) is 4.79 Å². The Labute approximate surface area is 81.7 Å². The van der Waals surface area contributed by atoms with Crippen LogP contribution in [0.25, 0.3) is 0 Å². The van der Waals surface area contributed by atoms with Gasteiger partial charge in [-0.05, 0) is 19.3 Å². The average molecular weight is 197 g/mol. The van der Waals surface area contributed by atoms with Crippen molar-refractivity contribution in [2.24, 2.45) is 0 Å². The van der Waals surface area contributed by atoms with E-state index in [4.69, 9.17) is 15.2 Å². The van der Waals surface area contributed by atoms with Gasteiger partial charge < -0.3 is 20.2 Å². The van der Waals surface area contributed by atoms with Crippen LogP contribution in [0, 0.1) is 5.41 Å². The fourth-order valence-corrected chi connectivity index (χ4v) is 2.01. The van der Waals surface area contributed by atoms with Gasteiger partial charge in [-0.15, -0.1) is 0 Å². The summed E-state index contributed by atoms with van der Waals surface area (Å²) >= 11 is 0. The number of aliphatic carboxylic acids is 1. The van der Waals surface area contributed by atoms with E-state index in [0.717, 1.165) is 0 Å². The number of hydrogen-bond donors (Lipinski definition) is 3. The minimum Gasteiger partial charge on any atom is -0.481 e. The Morgan fingerprint density at radius 2 is 2.43 bits per heavy atom. The lowest BCUT2D eigenvalue weighted by Crippen LogP contribution is -2.39. The van der Waals surface area contributed by atoms with Gasteiger partial charge >= 0.3 is 13.1 Å². The van der Waals surface area contributed by atoms with Crippen LogP contribution in [0.4, 0.5) is 0 Å². The first-order chi connectivity index (χ1) is 6.54. The number of carboxylic acids is 1. The van der Waals surface area contributed by atoms with Crippen LogP contribution in [0.15, 0.2) is 0 Å². The van der Waals surface area contributed by atoms with Crippen LogP contribution in [0.5, 0.6) is 0 Å². The third-order valence-electron chi connectivity index (χ3n) is 3.08. The summed E-state index contributed by atoms with van der Waals surface area (Å²) in [6.07, 6.45) is 1.41. The molecule has 0 aromatic rings. The molecule has 2 atom stereocenters. The molecule has 2 aliphatic rings. The molecule has 0 radical (unpaired) electrons. The SMILES string of the molecule is N=C1CC12CCC(CC(=O)O)OB2O. The van der Waals surface area contributed by atoms with E-state index in [9.17, 15) is 9.82 Å². The molecule has 0 aromatic heterocycles. The largest absolute Gasteiger partial charge is 0.481 e. The Morgan fingerprint density at radius 3 is 2.86 bits per heavy atom. The molecule has 1 spiro atoms. The molecule has 0 aromatic carbocycles. The fraction of sp³-hybridized carbons (Fsp3) is 0.750. The highest BCUT2D eigenvalue weighted by molar-refractivity contribution is 6.59. The number of hydrogen-bond acceptors (Lipinski definition) is 4. The molecule has 14 heavy (non-hydrogen) atoms. The van der Waals surface area contributed by atoms with E-state index in [2.05, 4.69) is 0 Å². The quantitative estimate of drug-likeness (QED) is 0.554. The van der Waals surface area contributed by atoms with Crippen molar-refractivity contribution >= 4 is 18.8 Å². The van der Waals surface area contributed by atoms with Gasteiger partial charge in [0.1, 0.15) is 0 Å². The minimum absolute atomic E-state index is 0.0690. The molecule has 2 rings (SSSR count). The Balaban J connectivity index is 1.94. The Morgan fingerprint density at radius 1 is 1.79 bits per heavy atom. The van der Waals surface area contributed by atoms with Crippen LogP contribution >= 0.6 is 0 Å². The standard InChI is InChI=1S/C8H12BNO4/c10-6-4-8(6)2-1-5(3-7(11)12)14-9(8)13/h5,10,13H,1-4H2,(H,11,12). The van der Waals surface area contributed by atoms with Crippen LogP contribution in [-0.2, 0) is 9.45 Å². The molecule has 5 nitrogen and oxygen atoms in total. The van der Waals surface area contributed by atoms with Crippen molar-refractivity contribution in [2.45, 2.75) is 37.1 Å². The molecule has 1 saturated carbocycles. The highest BCUT2D eigenvalue weighted by atomic mass is 16.5.